The zero-order valence-electron chi connectivity index (χ0n) is 6.46. The van der Waals surface area contributed by atoms with Crippen molar-refractivity contribution in [3.8, 4) is 0 Å². The molecular formula is C6H15ClN2O. The Morgan fingerprint density at radius 3 is 2.30 bits per heavy atom. The van der Waals surface area contributed by atoms with Crippen molar-refractivity contribution in [1.29, 1.82) is 0 Å². The van der Waals surface area contributed by atoms with Gasteiger partial charge in [0.1, 0.15) is 0 Å². The first-order valence-corrected chi connectivity index (χ1v) is 3.08. The Hall–Kier alpha value is -0.280. The van der Waals surface area contributed by atoms with Gasteiger partial charge in [-0.05, 0) is 13.0 Å². The Morgan fingerprint density at radius 1 is 1.50 bits per heavy atom. The van der Waals surface area contributed by atoms with Crippen molar-refractivity contribution in [3.63, 3.8) is 0 Å². The number of hydrogen-bond acceptors (Lipinski definition) is 2. The van der Waals surface area contributed by atoms with Crippen molar-refractivity contribution in [3.05, 3.63) is 0 Å². The molecule has 0 aromatic carbocycles. The molecule has 0 aromatic rings. The predicted molar refractivity (Wildman–Crippen MR) is 44.2 cm³/mol. The molecule has 2 N–H and O–H groups in total. The standard InChI is InChI=1S/C6H14N2O.ClH/c1-8(2)6(9)4-3-5-7;/h3-5,7H2,1-2H3;1H. The van der Waals surface area contributed by atoms with Gasteiger partial charge in [-0.2, -0.15) is 0 Å². The Bertz CT molecular complexity index is 95.7. The average Bonchev–Trinajstić information content (AvgIpc) is 1.82. The fourth-order valence-corrected chi connectivity index (χ4v) is 0.477. The maximum atomic E-state index is 10.8. The van der Waals surface area contributed by atoms with Crippen LogP contribution < -0.4 is 5.73 Å². The van der Waals surface area contributed by atoms with Gasteiger partial charge in [0.2, 0.25) is 5.91 Å². The Labute approximate surface area is 68.0 Å². The van der Waals surface area contributed by atoms with Crippen LogP contribution in [0.15, 0.2) is 0 Å². The van der Waals surface area contributed by atoms with Crippen LogP contribution in [0.3, 0.4) is 0 Å². The zero-order valence-corrected chi connectivity index (χ0v) is 7.28. The third-order valence-corrected chi connectivity index (χ3v) is 1.09. The van der Waals surface area contributed by atoms with Crippen LogP contribution in [0.5, 0.6) is 0 Å². The molecule has 0 radical (unpaired) electrons. The summed E-state index contributed by atoms with van der Waals surface area (Å²) < 4.78 is 0. The van der Waals surface area contributed by atoms with Crippen molar-refractivity contribution in [2.75, 3.05) is 20.6 Å². The number of hydrogen-bond donors (Lipinski definition) is 1. The summed E-state index contributed by atoms with van der Waals surface area (Å²) in [6, 6.07) is 0. The number of carbonyl (C=O) groups is 1. The highest BCUT2D eigenvalue weighted by Crippen LogP contribution is 1.89. The van der Waals surface area contributed by atoms with Crippen molar-refractivity contribution in [2.24, 2.45) is 5.73 Å². The number of nitrogens with two attached hydrogens (primary N) is 1. The van der Waals surface area contributed by atoms with Crippen LogP contribution in [0.25, 0.3) is 0 Å². The number of halogens is 1. The molecule has 0 rings (SSSR count). The quantitative estimate of drug-likeness (QED) is 0.653. The van der Waals surface area contributed by atoms with E-state index in [9.17, 15) is 4.79 Å². The van der Waals surface area contributed by atoms with Crippen LogP contribution >= 0.6 is 12.4 Å². The molecule has 0 aliphatic rings. The van der Waals surface area contributed by atoms with Crippen LogP contribution in [0.1, 0.15) is 12.8 Å². The second kappa shape index (κ2) is 6.83. The van der Waals surface area contributed by atoms with Crippen LogP contribution in [-0.2, 0) is 4.79 Å². The largest absolute Gasteiger partial charge is 0.349 e. The lowest BCUT2D eigenvalue weighted by Crippen LogP contribution is -2.22. The molecule has 0 atom stereocenters. The summed E-state index contributed by atoms with van der Waals surface area (Å²) in [5, 5.41) is 0. The smallest absolute Gasteiger partial charge is 0.222 e. The summed E-state index contributed by atoms with van der Waals surface area (Å²) >= 11 is 0. The van der Waals surface area contributed by atoms with E-state index in [1.165, 1.54) is 0 Å². The monoisotopic (exact) mass is 166 g/mol. The third-order valence-electron chi connectivity index (χ3n) is 1.09. The Balaban J connectivity index is 0. The molecule has 4 heteroatoms. The minimum atomic E-state index is 0. The van der Waals surface area contributed by atoms with E-state index in [-0.39, 0.29) is 18.3 Å². The molecule has 0 spiro atoms. The van der Waals surface area contributed by atoms with E-state index in [1.807, 2.05) is 0 Å². The summed E-state index contributed by atoms with van der Waals surface area (Å²) in [6.07, 6.45) is 1.36. The molecule has 1 amide bonds. The lowest BCUT2D eigenvalue weighted by atomic mass is 10.3. The van der Waals surface area contributed by atoms with Gasteiger partial charge < -0.3 is 10.6 Å². The molecule has 0 unspecified atom stereocenters. The van der Waals surface area contributed by atoms with E-state index in [2.05, 4.69) is 0 Å². The average molecular weight is 167 g/mol. The van der Waals surface area contributed by atoms with Gasteiger partial charge in [0.25, 0.3) is 0 Å². The first-order chi connectivity index (χ1) is 4.18. The molecular weight excluding hydrogens is 152 g/mol. The number of carbonyl (C=O) groups excluding carboxylic acids is 1. The van der Waals surface area contributed by atoms with Crippen LogP contribution in [-0.4, -0.2) is 31.4 Å². The van der Waals surface area contributed by atoms with Crippen molar-refractivity contribution in [1.82, 2.24) is 4.90 Å². The fraction of sp³-hybridized carbons (Fsp3) is 0.833. The summed E-state index contributed by atoms with van der Waals surface area (Å²) in [4.78, 5) is 12.4. The normalized spacial score (nSPS) is 8.30. The second-order valence-corrected chi connectivity index (χ2v) is 2.18. The molecule has 0 saturated carbocycles. The molecule has 3 nitrogen and oxygen atoms in total. The minimum absolute atomic E-state index is 0. The number of amides is 1. The van der Waals surface area contributed by atoms with E-state index in [4.69, 9.17) is 5.73 Å². The van der Waals surface area contributed by atoms with E-state index >= 15 is 0 Å². The second-order valence-electron chi connectivity index (χ2n) is 2.18. The van der Waals surface area contributed by atoms with Crippen LogP contribution in [0, 0.1) is 0 Å². The molecule has 0 bridgehead atoms. The number of rotatable bonds is 3. The number of nitrogens with zero attached hydrogens (tertiary/aromatic N) is 1. The van der Waals surface area contributed by atoms with Gasteiger partial charge in [0, 0.05) is 20.5 Å². The summed E-state index contributed by atoms with van der Waals surface area (Å²) in [6.45, 7) is 0.597. The van der Waals surface area contributed by atoms with Gasteiger partial charge >= 0.3 is 0 Å². The minimum Gasteiger partial charge on any atom is -0.349 e. The lowest BCUT2D eigenvalue weighted by molar-refractivity contribution is -0.128. The highest BCUT2D eigenvalue weighted by molar-refractivity contribution is 5.85. The van der Waals surface area contributed by atoms with Gasteiger partial charge in [-0.1, -0.05) is 0 Å². The topological polar surface area (TPSA) is 46.3 Å². The van der Waals surface area contributed by atoms with E-state index in [0.29, 0.717) is 13.0 Å². The van der Waals surface area contributed by atoms with E-state index in [1.54, 1.807) is 19.0 Å². The molecule has 0 heterocycles. The molecule has 0 aromatic heterocycles. The third kappa shape index (κ3) is 5.85. The maximum absolute atomic E-state index is 10.8. The highest BCUT2D eigenvalue weighted by Gasteiger charge is 2.00. The Morgan fingerprint density at radius 2 is 2.00 bits per heavy atom. The van der Waals surface area contributed by atoms with E-state index < -0.39 is 0 Å². The molecule has 0 saturated heterocycles. The molecule has 10 heavy (non-hydrogen) atoms. The van der Waals surface area contributed by atoms with Crippen LogP contribution in [0.2, 0.25) is 0 Å². The van der Waals surface area contributed by atoms with Gasteiger partial charge in [-0.15, -0.1) is 12.4 Å². The summed E-state index contributed by atoms with van der Waals surface area (Å²) in [5.41, 5.74) is 5.21. The molecule has 62 valence electrons. The fourth-order valence-electron chi connectivity index (χ4n) is 0.477. The van der Waals surface area contributed by atoms with E-state index in [0.717, 1.165) is 6.42 Å². The molecule has 0 fully saturated rings. The molecule has 0 aliphatic heterocycles. The predicted octanol–water partition coefficient (Wildman–Crippen LogP) is 0.235. The first-order valence-electron chi connectivity index (χ1n) is 3.08. The zero-order chi connectivity index (χ0) is 7.28. The van der Waals surface area contributed by atoms with Gasteiger partial charge in [0.15, 0.2) is 0 Å². The lowest BCUT2D eigenvalue weighted by Gasteiger charge is -2.08. The summed E-state index contributed by atoms with van der Waals surface area (Å²) in [7, 11) is 3.50. The van der Waals surface area contributed by atoms with Gasteiger partial charge in [-0.25, -0.2) is 0 Å². The van der Waals surface area contributed by atoms with Crippen molar-refractivity contribution < 1.29 is 4.79 Å². The van der Waals surface area contributed by atoms with Crippen molar-refractivity contribution in [2.45, 2.75) is 12.8 Å². The highest BCUT2D eigenvalue weighted by atomic mass is 35.5. The van der Waals surface area contributed by atoms with Crippen molar-refractivity contribution >= 4 is 18.3 Å². The SMILES string of the molecule is CN(C)C(=O)CCCN.Cl. The molecule has 0 aliphatic carbocycles. The summed E-state index contributed by atoms with van der Waals surface area (Å²) in [5.74, 6) is 0.153. The van der Waals surface area contributed by atoms with Gasteiger partial charge in [0.05, 0.1) is 0 Å². The first kappa shape index (κ1) is 12.4. The van der Waals surface area contributed by atoms with Gasteiger partial charge in [-0.3, -0.25) is 4.79 Å². The van der Waals surface area contributed by atoms with Crippen LogP contribution in [0.4, 0.5) is 0 Å². The maximum Gasteiger partial charge on any atom is 0.222 e. The Kier molecular flexibility index (Phi) is 8.48.